The Bertz CT molecular complexity index is 509. The minimum Gasteiger partial charge on any atom is -0.371 e. The summed E-state index contributed by atoms with van der Waals surface area (Å²) in [5.74, 6) is -1.69. The van der Waals surface area contributed by atoms with E-state index in [-0.39, 0.29) is 17.5 Å². The summed E-state index contributed by atoms with van der Waals surface area (Å²) in [4.78, 5) is 17.5. The molecule has 0 saturated carbocycles. The van der Waals surface area contributed by atoms with Crippen molar-refractivity contribution in [1.29, 1.82) is 0 Å². The van der Waals surface area contributed by atoms with Crippen LogP contribution in [0, 0.1) is 11.6 Å². The van der Waals surface area contributed by atoms with E-state index >= 15 is 0 Å². The average molecular weight is 284 g/mol. The van der Waals surface area contributed by atoms with Crippen LogP contribution in [-0.4, -0.2) is 37.6 Å². The molecule has 0 bridgehead atoms. The van der Waals surface area contributed by atoms with Crippen LogP contribution in [0.15, 0.2) is 6.07 Å². The Morgan fingerprint density at radius 2 is 2.10 bits per heavy atom. The monoisotopic (exact) mass is 284 g/mol. The molecule has 5 nitrogen and oxygen atoms in total. The highest BCUT2D eigenvalue weighted by Gasteiger charge is 2.31. The molecule has 1 saturated heterocycles. The van der Waals surface area contributed by atoms with Crippen molar-refractivity contribution in [2.24, 2.45) is 0 Å². The minimum atomic E-state index is -0.752. The number of aromatic nitrogens is 1. The summed E-state index contributed by atoms with van der Waals surface area (Å²) in [5.41, 5.74) is 0. The quantitative estimate of drug-likeness (QED) is 0.883. The third-order valence-corrected chi connectivity index (χ3v) is 3.47. The predicted molar refractivity (Wildman–Crippen MR) is 72.8 cm³/mol. The standard InChI is InChI=1S/C13H18F2N4O/c1-16-11-8(14)7-9(15)12(18-11)19-6-4-3-5-10(19)13(20)17-2/h7,10H,3-6H2,1-2H3,(H,16,18)(H,17,20). The van der Waals surface area contributed by atoms with E-state index in [0.29, 0.717) is 13.0 Å². The van der Waals surface area contributed by atoms with Crippen LogP contribution in [0.1, 0.15) is 19.3 Å². The Morgan fingerprint density at radius 1 is 1.35 bits per heavy atom. The van der Waals surface area contributed by atoms with E-state index < -0.39 is 17.7 Å². The van der Waals surface area contributed by atoms with Crippen LogP contribution in [0.25, 0.3) is 0 Å². The second kappa shape index (κ2) is 6.02. The average Bonchev–Trinajstić information content (AvgIpc) is 2.47. The van der Waals surface area contributed by atoms with E-state index in [9.17, 15) is 13.6 Å². The van der Waals surface area contributed by atoms with Crippen molar-refractivity contribution >= 4 is 17.5 Å². The number of nitrogens with one attached hydrogen (secondary N) is 2. The number of anilines is 2. The van der Waals surface area contributed by atoms with Crippen molar-refractivity contribution in [3.05, 3.63) is 17.7 Å². The molecule has 1 atom stereocenters. The topological polar surface area (TPSA) is 57.3 Å². The molecule has 0 aliphatic carbocycles. The largest absolute Gasteiger partial charge is 0.371 e. The molecule has 1 aliphatic rings. The van der Waals surface area contributed by atoms with E-state index in [1.165, 1.54) is 7.05 Å². The first-order valence-electron chi connectivity index (χ1n) is 6.60. The van der Waals surface area contributed by atoms with Gasteiger partial charge in [0.15, 0.2) is 23.3 Å². The summed E-state index contributed by atoms with van der Waals surface area (Å²) >= 11 is 0. The number of piperidine rings is 1. The molecule has 1 aliphatic heterocycles. The van der Waals surface area contributed by atoms with Crippen molar-refractivity contribution < 1.29 is 13.6 Å². The zero-order chi connectivity index (χ0) is 14.7. The lowest BCUT2D eigenvalue weighted by Crippen LogP contribution is -2.49. The van der Waals surface area contributed by atoms with Crippen LogP contribution in [-0.2, 0) is 4.79 Å². The lowest BCUT2D eigenvalue weighted by atomic mass is 10.0. The maximum atomic E-state index is 14.0. The summed E-state index contributed by atoms with van der Waals surface area (Å²) in [7, 11) is 3.06. The summed E-state index contributed by atoms with van der Waals surface area (Å²) < 4.78 is 27.4. The molecule has 1 fully saturated rings. The van der Waals surface area contributed by atoms with E-state index in [0.717, 1.165) is 18.9 Å². The van der Waals surface area contributed by atoms with Gasteiger partial charge in [0, 0.05) is 26.7 Å². The van der Waals surface area contributed by atoms with Crippen molar-refractivity contribution in [2.75, 3.05) is 30.9 Å². The number of pyridine rings is 1. The fourth-order valence-electron chi connectivity index (χ4n) is 2.46. The van der Waals surface area contributed by atoms with Gasteiger partial charge in [0.05, 0.1) is 0 Å². The maximum Gasteiger partial charge on any atom is 0.242 e. The van der Waals surface area contributed by atoms with Gasteiger partial charge in [0.1, 0.15) is 6.04 Å². The van der Waals surface area contributed by atoms with Crippen molar-refractivity contribution in [3.63, 3.8) is 0 Å². The molecule has 110 valence electrons. The van der Waals surface area contributed by atoms with Crippen LogP contribution >= 0.6 is 0 Å². The van der Waals surface area contributed by atoms with Crippen LogP contribution in [0.2, 0.25) is 0 Å². The van der Waals surface area contributed by atoms with Gasteiger partial charge in [-0.1, -0.05) is 0 Å². The Labute approximate surface area is 116 Å². The third kappa shape index (κ3) is 2.66. The Balaban J connectivity index is 2.39. The van der Waals surface area contributed by atoms with E-state index in [1.807, 2.05) is 0 Å². The molecule has 2 N–H and O–H groups in total. The maximum absolute atomic E-state index is 14.0. The number of halogens is 2. The molecule has 2 heterocycles. The summed E-state index contributed by atoms with van der Waals surface area (Å²) in [6, 6.07) is 0.329. The number of hydrogen-bond acceptors (Lipinski definition) is 4. The zero-order valence-electron chi connectivity index (χ0n) is 11.5. The zero-order valence-corrected chi connectivity index (χ0v) is 11.5. The smallest absolute Gasteiger partial charge is 0.242 e. The summed E-state index contributed by atoms with van der Waals surface area (Å²) in [5, 5.41) is 5.15. The molecule has 1 aromatic heterocycles. The highest BCUT2D eigenvalue weighted by molar-refractivity contribution is 5.85. The van der Waals surface area contributed by atoms with Gasteiger partial charge < -0.3 is 15.5 Å². The van der Waals surface area contributed by atoms with Crippen molar-refractivity contribution in [1.82, 2.24) is 10.3 Å². The lowest BCUT2D eigenvalue weighted by molar-refractivity contribution is -0.122. The van der Waals surface area contributed by atoms with Gasteiger partial charge in [-0.05, 0) is 19.3 Å². The van der Waals surface area contributed by atoms with E-state index in [1.54, 1.807) is 11.9 Å². The number of nitrogens with zero attached hydrogens (tertiary/aromatic N) is 2. The number of hydrogen-bond donors (Lipinski definition) is 2. The number of amides is 1. The summed E-state index contributed by atoms with van der Waals surface area (Å²) in [6.45, 7) is 0.525. The molecule has 0 spiro atoms. The fraction of sp³-hybridized carbons (Fsp3) is 0.538. The van der Waals surface area contributed by atoms with Gasteiger partial charge in [-0.3, -0.25) is 4.79 Å². The molecule has 1 aromatic rings. The Morgan fingerprint density at radius 3 is 2.75 bits per heavy atom. The molecule has 2 rings (SSSR count). The van der Waals surface area contributed by atoms with Crippen LogP contribution in [0.5, 0.6) is 0 Å². The molecule has 0 aromatic carbocycles. The lowest BCUT2D eigenvalue weighted by Gasteiger charge is -2.35. The second-order valence-electron chi connectivity index (χ2n) is 4.69. The van der Waals surface area contributed by atoms with Gasteiger partial charge in [-0.2, -0.15) is 0 Å². The molecule has 1 unspecified atom stereocenters. The highest BCUT2D eigenvalue weighted by atomic mass is 19.1. The number of carbonyl (C=O) groups excluding carboxylic acids is 1. The van der Waals surface area contributed by atoms with E-state index in [2.05, 4.69) is 15.6 Å². The van der Waals surface area contributed by atoms with Crippen LogP contribution in [0.3, 0.4) is 0 Å². The SMILES string of the molecule is CNC(=O)C1CCCCN1c1nc(NC)c(F)cc1F. The first-order valence-corrected chi connectivity index (χ1v) is 6.60. The van der Waals surface area contributed by atoms with E-state index in [4.69, 9.17) is 0 Å². The first kappa shape index (κ1) is 14.5. The molecule has 0 radical (unpaired) electrons. The minimum absolute atomic E-state index is 0.0176. The molecule has 7 heteroatoms. The number of likely N-dealkylation sites (N-methyl/N-ethyl adjacent to an activating group) is 1. The highest BCUT2D eigenvalue weighted by Crippen LogP contribution is 2.28. The Kier molecular flexibility index (Phi) is 4.36. The number of carbonyl (C=O) groups is 1. The van der Waals surface area contributed by atoms with Gasteiger partial charge in [-0.25, -0.2) is 13.8 Å². The predicted octanol–water partition coefficient (Wildman–Crippen LogP) is 1.51. The molecular formula is C13H18F2N4O. The van der Waals surface area contributed by atoms with Crippen LogP contribution < -0.4 is 15.5 Å². The van der Waals surface area contributed by atoms with Gasteiger partial charge in [0.2, 0.25) is 5.91 Å². The Hall–Kier alpha value is -1.92. The molecule has 1 amide bonds. The second-order valence-corrected chi connectivity index (χ2v) is 4.69. The van der Waals surface area contributed by atoms with Gasteiger partial charge in [0.25, 0.3) is 0 Å². The van der Waals surface area contributed by atoms with Gasteiger partial charge >= 0.3 is 0 Å². The normalized spacial score (nSPS) is 18.8. The summed E-state index contributed by atoms with van der Waals surface area (Å²) in [6.07, 6.45) is 2.38. The number of rotatable bonds is 3. The van der Waals surface area contributed by atoms with Crippen molar-refractivity contribution in [2.45, 2.75) is 25.3 Å². The third-order valence-electron chi connectivity index (χ3n) is 3.47. The fourth-order valence-corrected chi connectivity index (χ4v) is 2.46. The van der Waals surface area contributed by atoms with Gasteiger partial charge in [-0.15, -0.1) is 0 Å². The molecular weight excluding hydrogens is 266 g/mol. The first-order chi connectivity index (χ1) is 9.58. The van der Waals surface area contributed by atoms with Crippen molar-refractivity contribution in [3.8, 4) is 0 Å². The molecule has 20 heavy (non-hydrogen) atoms. The van der Waals surface area contributed by atoms with Crippen LogP contribution in [0.4, 0.5) is 20.4 Å².